The van der Waals surface area contributed by atoms with Gasteiger partial charge < -0.3 is 10.0 Å². The average Bonchev–Trinajstić information content (AvgIpc) is 2.38. The first kappa shape index (κ1) is 12.5. The number of carboxylic acids is 1. The van der Waals surface area contributed by atoms with Crippen molar-refractivity contribution in [1.82, 2.24) is 9.88 Å². The highest BCUT2D eigenvalue weighted by molar-refractivity contribution is 5.92. The normalized spacial score (nSPS) is 19.6. The van der Waals surface area contributed by atoms with Crippen molar-refractivity contribution in [3.8, 4) is 0 Å². The second-order valence-corrected chi connectivity index (χ2v) is 4.57. The summed E-state index contributed by atoms with van der Waals surface area (Å²) in [6.07, 6.45) is 3.45. The molecule has 0 saturated carbocycles. The molecule has 1 saturated heterocycles. The molecule has 0 bridgehead atoms. The van der Waals surface area contributed by atoms with E-state index in [1.165, 1.54) is 0 Å². The molecule has 0 aromatic carbocycles. The third kappa shape index (κ3) is 3.06. The van der Waals surface area contributed by atoms with Gasteiger partial charge in [-0.2, -0.15) is 0 Å². The van der Waals surface area contributed by atoms with Gasteiger partial charge in [-0.05, 0) is 30.9 Å². The van der Waals surface area contributed by atoms with Gasteiger partial charge in [-0.25, -0.2) is 0 Å². The third-order valence-electron chi connectivity index (χ3n) is 3.15. The summed E-state index contributed by atoms with van der Waals surface area (Å²) in [6.45, 7) is 1.20. The van der Waals surface area contributed by atoms with Crippen LogP contribution in [0.3, 0.4) is 0 Å². The number of hydrogen-bond donors (Lipinski definition) is 1. The molecule has 1 aromatic heterocycles. The maximum absolute atomic E-state index is 12.1. The first-order chi connectivity index (χ1) is 8.66. The molecule has 0 spiro atoms. The minimum absolute atomic E-state index is 0.0592. The van der Waals surface area contributed by atoms with Crippen LogP contribution in [0.1, 0.15) is 29.8 Å². The number of carbonyl (C=O) groups excluding carboxylic acids is 1. The van der Waals surface area contributed by atoms with E-state index in [0.29, 0.717) is 18.8 Å². The van der Waals surface area contributed by atoms with E-state index in [9.17, 15) is 9.59 Å². The van der Waals surface area contributed by atoms with Crippen LogP contribution in [0.4, 0.5) is 0 Å². The van der Waals surface area contributed by atoms with Crippen molar-refractivity contribution in [3.05, 3.63) is 30.1 Å². The van der Waals surface area contributed by atoms with Crippen molar-refractivity contribution in [2.24, 2.45) is 5.92 Å². The number of nitrogens with zero attached hydrogens (tertiary/aromatic N) is 2. The van der Waals surface area contributed by atoms with E-state index in [-0.39, 0.29) is 18.2 Å². The number of carbonyl (C=O) groups is 2. The summed E-state index contributed by atoms with van der Waals surface area (Å²) in [6, 6.07) is 5.22. The predicted molar refractivity (Wildman–Crippen MR) is 65.1 cm³/mol. The number of hydrogen-bond acceptors (Lipinski definition) is 3. The van der Waals surface area contributed by atoms with Crippen LogP contribution in [0.5, 0.6) is 0 Å². The lowest BCUT2D eigenvalue weighted by atomic mass is 9.94. The Bertz CT molecular complexity index is 433. The molecule has 0 radical (unpaired) electrons. The first-order valence-corrected chi connectivity index (χ1v) is 6.09. The van der Waals surface area contributed by atoms with E-state index in [0.717, 1.165) is 12.8 Å². The molecule has 1 atom stereocenters. The van der Waals surface area contributed by atoms with Gasteiger partial charge in [0.15, 0.2) is 0 Å². The van der Waals surface area contributed by atoms with E-state index >= 15 is 0 Å². The standard InChI is InChI=1S/C13H16N2O3/c16-12(17)8-10-4-3-7-15(9-10)13(18)11-5-1-2-6-14-11/h1-2,5-6,10H,3-4,7-9H2,(H,16,17). The van der Waals surface area contributed by atoms with Gasteiger partial charge in [0.1, 0.15) is 5.69 Å². The number of amides is 1. The predicted octanol–water partition coefficient (Wildman–Crippen LogP) is 1.41. The van der Waals surface area contributed by atoms with Crippen LogP contribution >= 0.6 is 0 Å². The second kappa shape index (κ2) is 5.62. The molecule has 1 aromatic rings. The number of piperidine rings is 1. The highest BCUT2D eigenvalue weighted by Gasteiger charge is 2.26. The maximum atomic E-state index is 12.1. The van der Waals surface area contributed by atoms with Gasteiger partial charge in [0.05, 0.1) is 0 Å². The molecule has 1 aliphatic rings. The van der Waals surface area contributed by atoms with Crippen LogP contribution in [0.15, 0.2) is 24.4 Å². The Labute approximate surface area is 105 Å². The molecular weight excluding hydrogens is 232 g/mol. The zero-order chi connectivity index (χ0) is 13.0. The fraction of sp³-hybridized carbons (Fsp3) is 0.462. The summed E-state index contributed by atoms with van der Waals surface area (Å²) >= 11 is 0. The maximum Gasteiger partial charge on any atom is 0.303 e. The van der Waals surface area contributed by atoms with Crippen molar-refractivity contribution in [2.45, 2.75) is 19.3 Å². The van der Waals surface area contributed by atoms with Crippen molar-refractivity contribution in [3.63, 3.8) is 0 Å². The Balaban J connectivity index is 2.00. The molecule has 1 fully saturated rings. The summed E-state index contributed by atoms with van der Waals surface area (Å²) < 4.78 is 0. The summed E-state index contributed by atoms with van der Waals surface area (Å²) in [7, 11) is 0. The third-order valence-corrected chi connectivity index (χ3v) is 3.15. The molecule has 96 valence electrons. The lowest BCUT2D eigenvalue weighted by molar-refractivity contribution is -0.138. The lowest BCUT2D eigenvalue weighted by Gasteiger charge is -2.31. The van der Waals surface area contributed by atoms with Crippen LogP contribution in [-0.2, 0) is 4.79 Å². The fourth-order valence-corrected chi connectivity index (χ4v) is 2.31. The quantitative estimate of drug-likeness (QED) is 0.878. The van der Waals surface area contributed by atoms with Crippen LogP contribution < -0.4 is 0 Å². The minimum atomic E-state index is -0.799. The number of aliphatic carboxylic acids is 1. The highest BCUT2D eigenvalue weighted by Crippen LogP contribution is 2.20. The number of rotatable bonds is 3. The summed E-state index contributed by atoms with van der Waals surface area (Å²) in [4.78, 5) is 28.6. The number of aromatic nitrogens is 1. The molecule has 1 N–H and O–H groups in total. The summed E-state index contributed by atoms with van der Waals surface area (Å²) in [5, 5.41) is 8.79. The van der Waals surface area contributed by atoms with Crippen molar-refractivity contribution < 1.29 is 14.7 Å². The van der Waals surface area contributed by atoms with Gasteiger partial charge in [0.25, 0.3) is 5.91 Å². The molecule has 1 aliphatic heterocycles. The van der Waals surface area contributed by atoms with E-state index in [1.807, 2.05) is 0 Å². The van der Waals surface area contributed by atoms with Crippen LogP contribution in [-0.4, -0.2) is 40.0 Å². The Morgan fingerprint density at radius 3 is 2.94 bits per heavy atom. The largest absolute Gasteiger partial charge is 0.481 e. The van der Waals surface area contributed by atoms with Crippen molar-refractivity contribution >= 4 is 11.9 Å². The van der Waals surface area contributed by atoms with Gasteiger partial charge >= 0.3 is 5.97 Å². The van der Waals surface area contributed by atoms with Gasteiger partial charge in [0.2, 0.25) is 0 Å². The molecule has 5 nitrogen and oxygen atoms in total. The summed E-state index contributed by atoms with van der Waals surface area (Å²) in [5.41, 5.74) is 0.425. The molecule has 5 heteroatoms. The molecule has 0 aliphatic carbocycles. The van der Waals surface area contributed by atoms with Gasteiger partial charge in [-0.3, -0.25) is 14.6 Å². The number of carboxylic acid groups (broad SMARTS) is 1. The van der Waals surface area contributed by atoms with Crippen molar-refractivity contribution in [2.75, 3.05) is 13.1 Å². The fourth-order valence-electron chi connectivity index (χ4n) is 2.31. The molecule has 1 amide bonds. The van der Waals surface area contributed by atoms with Crippen LogP contribution in [0.25, 0.3) is 0 Å². The van der Waals surface area contributed by atoms with E-state index in [1.54, 1.807) is 29.3 Å². The van der Waals surface area contributed by atoms with E-state index in [2.05, 4.69) is 4.98 Å². The van der Waals surface area contributed by atoms with Gasteiger partial charge in [-0.1, -0.05) is 6.07 Å². The zero-order valence-corrected chi connectivity index (χ0v) is 10.1. The molecule has 1 unspecified atom stereocenters. The Hall–Kier alpha value is -1.91. The molecule has 18 heavy (non-hydrogen) atoms. The highest BCUT2D eigenvalue weighted by atomic mass is 16.4. The topological polar surface area (TPSA) is 70.5 Å². The van der Waals surface area contributed by atoms with Crippen LogP contribution in [0, 0.1) is 5.92 Å². The Morgan fingerprint density at radius 1 is 1.44 bits per heavy atom. The molecule has 2 heterocycles. The number of likely N-dealkylation sites (tertiary alicyclic amines) is 1. The Morgan fingerprint density at radius 2 is 2.28 bits per heavy atom. The minimum Gasteiger partial charge on any atom is -0.481 e. The molecular formula is C13H16N2O3. The Kier molecular flexibility index (Phi) is 3.92. The average molecular weight is 248 g/mol. The van der Waals surface area contributed by atoms with E-state index < -0.39 is 5.97 Å². The zero-order valence-electron chi connectivity index (χ0n) is 10.1. The smallest absolute Gasteiger partial charge is 0.303 e. The number of pyridine rings is 1. The van der Waals surface area contributed by atoms with Gasteiger partial charge in [-0.15, -0.1) is 0 Å². The monoisotopic (exact) mass is 248 g/mol. The van der Waals surface area contributed by atoms with Gasteiger partial charge in [0, 0.05) is 25.7 Å². The second-order valence-electron chi connectivity index (χ2n) is 4.57. The summed E-state index contributed by atoms with van der Waals surface area (Å²) in [5.74, 6) is -0.846. The van der Waals surface area contributed by atoms with Crippen LogP contribution in [0.2, 0.25) is 0 Å². The molecule has 2 rings (SSSR count). The van der Waals surface area contributed by atoms with Crippen molar-refractivity contribution in [1.29, 1.82) is 0 Å². The lowest BCUT2D eigenvalue weighted by Crippen LogP contribution is -2.40. The first-order valence-electron chi connectivity index (χ1n) is 6.09. The SMILES string of the molecule is O=C(O)CC1CCCN(C(=O)c2ccccn2)C1. The van der Waals surface area contributed by atoms with E-state index in [4.69, 9.17) is 5.11 Å².